The first-order valence-corrected chi connectivity index (χ1v) is 6.04. The van der Waals surface area contributed by atoms with Gasteiger partial charge >= 0.3 is 0 Å². The molecule has 0 saturated heterocycles. The minimum absolute atomic E-state index is 0.0803. The Bertz CT molecular complexity index is 150. The molecule has 1 saturated carbocycles. The SMILES string of the molecule is CC(C)CCCNC1(CO)CCCC1. The molecule has 1 rings (SSSR count). The van der Waals surface area contributed by atoms with Crippen LogP contribution < -0.4 is 5.32 Å². The summed E-state index contributed by atoms with van der Waals surface area (Å²) in [6.07, 6.45) is 7.39. The summed E-state index contributed by atoms with van der Waals surface area (Å²) in [7, 11) is 0. The molecule has 0 atom stereocenters. The molecule has 0 amide bonds. The minimum atomic E-state index is 0.0803. The number of rotatable bonds is 6. The molecular weight excluding hydrogens is 174 g/mol. The van der Waals surface area contributed by atoms with E-state index < -0.39 is 0 Å². The second-order valence-electron chi connectivity index (χ2n) is 5.11. The summed E-state index contributed by atoms with van der Waals surface area (Å²) < 4.78 is 0. The van der Waals surface area contributed by atoms with Crippen LogP contribution >= 0.6 is 0 Å². The van der Waals surface area contributed by atoms with E-state index in [1.807, 2.05) is 0 Å². The van der Waals surface area contributed by atoms with Crippen LogP contribution in [-0.4, -0.2) is 23.8 Å². The maximum Gasteiger partial charge on any atom is 0.0613 e. The molecule has 0 bridgehead atoms. The molecule has 0 spiro atoms. The van der Waals surface area contributed by atoms with Crippen LogP contribution in [0, 0.1) is 5.92 Å². The van der Waals surface area contributed by atoms with Crippen molar-refractivity contribution in [2.45, 2.75) is 57.9 Å². The molecule has 84 valence electrons. The fraction of sp³-hybridized carbons (Fsp3) is 1.00. The van der Waals surface area contributed by atoms with Crippen LogP contribution in [0.1, 0.15) is 52.4 Å². The molecule has 1 fully saturated rings. The average Bonchev–Trinajstić information content (AvgIpc) is 2.62. The highest BCUT2D eigenvalue weighted by molar-refractivity contribution is 4.91. The Hall–Kier alpha value is -0.0800. The summed E-state index contributed by atoms with van der Waals surface area (Å²) in [5.41, 5.74) is 0.0803. The lowest BCUT2D eigenvalue weighted by Crippen LogP contribution is -2.46. The van der Waals surface area contributed by atoms with Crippen molar-refractivity contribution in [1.29, 1.82) is 0 Å². The molecule has 0 aromatic heterocycles. The smallest absolute Gasteiger partial charge is 0.0613 e. The van der Waals surface area contributed by atoms with Gasteiger partial charge in [0, 0.05) is 5.54 Å². The van der Waals surface area contributed by atoms with E-state index in [1.54, 1.807) is 0 Å². The summed E-state index contributed by atoms with van der Waals surface area (Å²) in [5, 5.41) is 12.9. The maximum absolute atomic E-state index is 9.36. The zero-order chi connectivity index (χ0) is 10.4. The summed E-state index contributed by atoms with van der Waals surface area (Å²) in [6.45, 7) is 5.90. The van der Waals surface area contributed by atoms with Crippen LogP contribution in [0.4, 0.5) is 0 Å². The van der Waals surface area contributed by atoms with Crippen molar-refractivity contribution in [1.82, 2.24) is 5.32 Å². The Kier molecular flexibility index (Phi) is 4.90. The maximum atomic E-state index is 9.36. The second-order valence-corrected chi connectivity index (χ2v) is 5.11. The number of hydrogen-bond acceptors (Lipinski definition) is 2. The van der Waals surface area contributed by atoms with Crippen LogP contribution in [-0.2, 0) is 0 Å². The summed E-state index contributed by atoms with van der Waals surface area (Å²) >= 11 is 0. The third kappa shape index (κ3) is 3.58. The van der Waals surface area contributed by atoms with Gasteiger partial charge in [-0.25, -0.2) is 0 Å². The van der Waals surface area contributed by atoms with Crippen molar-refractivity contribution in [3.05, 3.63) is 0 Å². The van der Waals surface area contributed by atoms with Gasteiger partial charge in [0.25, 0.3) is 0 Å². The molecule has 1 aliphatic rings. The van der Waals surface area contributed by atoms with Gasteiger partial charge in [-0.1, -0.05) is 26.7 Å². The van der Waals surface area contributed by atoms with Gasteiger partial charge in [-0.05, 0) is 38.1 Å². The van der Waals surface area contributed by atoms with Gasteiger partial charge in [-0.15, -0.1) is 0 Å². The van der Waals surface area contributed by atoms with Crippen molar-refractivity contribution in [3.8, 4) is 0 Å². The van der Waals surface area contributed by atoms with Crippen molar-refractivity contribution >= 4 is 0 Å². The minimum Gasteiger partial charge on any atom is -0.394 e. The third-order valence-electron chi connectivity index (χ3n) is 3.32. The molecule has 2 heteroatoms. The Morgan fingerprint density at radius 3 is 2.43 bits per heavy atom. The van der Waals surface area contributed by atoms with E-state index in [0.717, 1.165) is 25.3 Å². The lowest BCUT2D eigenvalue weighted by atomic mass is 9.98. The van der Waals surface area contributed by atoms with E-state index in [0.29, 0.717) is 6.61 Å². The number of aliphatic hydroxyl groups is 1. The zero-order valence-corrected chi connectivity index (χ0v) is 9.68. The summed E-state index contributed by atoms with van der Waals surface area (Å²) in [6, 6.07) is 0. The lowest BCUT2D eigenvalue weighted by Gasteiger charge is -2.28. The quantitative estimate of drug-likeness (QED) is 0.643. The van der Waals surface area contributed by atoms with E-state index in [9.17, 15) is 5.11 Å². The van der Waals surface area contributed by atoms with E-state index in [1.165, 1.54) is 25.7 Å². The van der Waals surface area contributed by atoms with Gasteiger partial charge in [0.05, 0.1) is 6.61 Å². The molecule has 0 aromatic rings. The third-order valence-corrected chi connectivity index (χ3v) is 3.32. The first-order valence-electron chi connectivity index (χ1n) is 6.04. The van der Waals surface area contributed by atoms with E-state index in [2.05, 4.69) is 19.2 Å². The van der Waals surface area contributed by atoms with Crippen molar-refractivity contribution in [2.24, 2.45) is 5.92 Å². The highest BCUT2D eigenvalue weighted by Gasteiger charge is 2.31. The molecule has 0 aromatic carbocycles. The largest absolute Gasteiger partial charge is 0.394 e. The molecule has 2 nitrogen and oxygen atoms in total. The monoisotopic (exact) mass is 199 g/mol. The van der Waals surface area contributed by atoms with Gasteiger partial charge in [0.15, 0.2) is 0 Å². The van der Waals surface area contributed by atoms with Gasteiger partial charge in [0.1, 0.15) is 0 Å². The van der Waals surface area contributed by atoms with Crippen LogP contribution in [0.2, 0.25) is 0 Å². The van der Waals surface area contributed by atoms with Crippen LogP contribution in [0.15, 0.2) is 0 Å². The fourth-order valence-corrected chi connectivity index (χ4v) is 2.31. The number of aliphatic hydroxyl groups excluding tert-OH is 1. The molecule has 14 heavy (non-hydrogen) atoms. The number of nitrogens with one attached hydrogen (secondary N) is 1. The molecule has 0 heterocycles. The van der Waals surface area contributed by atoms with Crippen LogP contribution in [0.3, 0.4) is 0 Å². The van der Waals surface area contributed by atoms with Crippen LogP contribution in [0.5, 0.6) is 0 Å². The predicted octanol–water partition coefficient (Wildman–Crippen LogP) is 2.32. The highest BCUT2D eigenvalue weighted by atomic mass is 16.3. The van der Waals surface area contributed by atoms with Crippen molar-refractivity contribution in [3.63, 3.8) is 0 Å². The van der Waals surface area contributed by atoms with E-state index >= 15 is 0 Å². The molecule has 0 aliphatic heterocycles. The van der Waals surface area contributed by atoms with Gasteiger partial charge in [-0.2, -0.15) is 0 Å². The van der Waals surface area contributed by atoms with Gasteiger partial charge in [-0.3, -0.25) is 0 Å². The highest BCUT2D eigenvalue weighted by Crippen LogP contribution is 2.28. The standard InChI is InChI=1S/C12H25NO/c1-11(2)6-5-9-13-12(10-14)7-3-4-8-12/h11,13-14H,3-10H2,1-2H3. The van der Waals surface area contributed by atoms with Gasteiger partial charge < -0.3 is 10.4 Å². The topological polar surface area (TPSA) is 32.3 Å². The molecule has 2 N–H and O–H groups in total. The second kappa shape index (κ2) is 5.72. The Morgan fingerprint density at radius 2 is 1.93 bits per heavy atom. The molecular formula is C12H25NO. The Labute approximate surface area is 88.1 Å². The summed E-state index contributed by atoms with van der Waals surface area (Å²) in [5.74, 6) is 0.797. The van der Waals surface area contributed by atoms with E-state index in [-0.39, 0.29) is 5.54 Å². The lowest BCUT2D eigenvalue weighted by molar-refractivity contribution is 0.163. The first-order chi connectivity index (χ1) is 6.68. The zero-order valence-electron chi connectivity index (χ0n) is 9.68. The van der Waals surface area contributed by atoms with Crippen LogP contribution in [0.25, 0.3) is 0 Å². The Morgan fingerprint density at radius 1 is 1.29 bits per heavy atom. The number of hydrogen-bond donors (Lipinski definition) is 2. The van der Waals surface area contributed by atoms with Crippen molar-refractivity contribution < 1.29 is 5.11 Å². The summed E-state index contributed by atoms with van der Waals surface area (Å²) in [4.78, 5) is 0. The van der Waals surface area contributed by atoms with Crippen molar-refractivity contribution in [2.75, 3.05) is 13.2 Å². The first kappa shape index (κ1) is 12.0. The fourth-order valence-electron chi connectivity index (χ4n) is 2.31. The molecule has 0 unspecified atom stereocenters. The van der Waals surface area contributed by atoms with E-state index in [4.69, 9.17) is 0 Å². The average molecular weight is 199 g/mol. The normalized spacial score (nSPS) is 20.6. The molecule has 1 aliphatic carbocycles. The molecule has 0 radical (unpaired) electrons. The Balaban J connectivity index is 2.15. The van der Waals surface area contributed by atoms with Gasteiger partial charge in [0.2, 0.25) is 0 Å². The predicted molar refractivity (Wildman–Crippen MR) is 60.4 cm³/mol.